The maximum atomic E-state index is 12.0. The van der Waals surface area contributed by atoms with Crippen LogP contribution in [0.1, 0.15) is 15.9 Å². The maximum absolute atomic E-state index is 12.0. The average Bonchev–Trinajstić information content (AvgIpc) is 2.51. The number of methoxy groups -OCH3 is 1. The summed E-state index contributed by atoms with van der Waals surface area (Å²) in [5, 5.41) is 2.81. The van der Waals surface area contributed by atoms with E-state index in [1.54, 1.807) is 25.3 Å². The number of nitrogens with one attached hydrogen (secondary N) is 1. The third kappa shape index (κ3) is 4.24. The molecule has 2 aromatic rings. The molecule has 0 aliphatic carbocycles. The van der Waals surface area contributed by atoms with Crippen LogP contribution < -0.4 is 14.8 Å². The molecule has 1 N–H and O–H groups in total. The molecule has 2 aromatic carbocycles. The van der Waals surface area contributed by atoms with Crippen LogP contribution in [0.3, 0.4) is 0 Å². The molecule has 110 valence electrons. The number of hydrogen-bond donors (Lipinski definition) is 1. The van der Waals surface area contributed by atoms with Gasteiger partial charge in [0.05, 0.1) is 19.2 Å². The smallest absolute Gasteiger partial charge is 0.255 e. The zero-order valence-corrected chi connectivity index (χ0v) is 12.3. The molecule has 4 heteroatoms. The lowest BCUT2D eigenvalue weighted by atomic mass is 10.2. The monoisotopic (exact) mass is 285 g/mol. The minimum atomic E-state index is -0.166. The lowest BCUT2D eigenvalue weighted by Crippen LogP contribution is -2.28. The first-order valence-corrected chi connectivity index (χ1v) is 6.81. The Balaban J connectivity index is 1.82. The molecule has 0 atom stereocenters. The topological polar surface area (TPSA) is 47.6 Å². The highest BCUT2D eigenvalue weighted by atomic mass is 16.5. The Morgan fingerprint density at radius 2 is 1.95 bits per heavy atom. The zero-order valence-electron chi connectivity index (χ0n) is 12.3. The number of carbonyl (C=O) groups is 1. The Morgan fingerprint density at radius 3 is 2.71 bits per heavy atom. The van der Waals surface area contributed by atoms with Gasteiger partial charge in [0, 0.05) is 0 Å². The molecule has 0 radical (unpaired) electrons. The number of carbonyl (C=O) groups excluding carboxylic acids is 1. The van der Waals surface area contributed by atoms with Crippen LogP contribution >= 0.6 is 0 Å². The van der Waals surface area contributed by atoms with Crippen LogP contribution in [-0.4, -0.2) is 26.2 Å². The van der Waals surface area contributed by atoms with E-state index in [1.165, 1.54) is 0 Å². The molecule has 0 aliphatic heterocycles. The second kappa shape index (κ2) is 7.33. The molecule has 2 rings (SSSR count). The summed E-state index contributed by atoms with van der Waals surface area (Å²) in [5.74, 6) is 1.21. The first-order chi connectivity index (χ1) is 10.2. The first-order valence-electron chi connectivity index (χ1n) is 6.81. The fourth-order valence-corrected chi connectivity index (χ4v) is 1.97. The van der Waals surface area contributed by atoms with Gasteiger partial charge >= 0.3 is 0 Å². The van der Waals surface area contributed by atoms with Gasteiger partial charge in [-0.15, -0.1) is 0 Å². The molecule has 0 aliphatic rings. The maximum Gasteiger partial charge on any atom is 0.255 e. The molecule has 0 aromatic heterocycles. The summed E-state index contributed by atoms with van der Waals surface area (Å²) in [6.45, 7) is 2.87. The number of ether oxygens (including phenoxy) is 2. The number of rotatable bonds is 6. The highest BCUT2D eigenvalue weighted by Gasteiger charge is 2.10. The molecular formula is C17H19NO3. The number of benzene rings is 2. The largest absolute Gasteiger partial charge is 0.496 e. The molecule has 0 fully saturated rings. The van der Waals surface area contributed by atoms with Gasteiger partial charge in [0.1, 0.15) is 18.1 Å². The van der Waals surface area contributed by atoms with Crippen molar-refractivity contribution in [3.05, 3.63) is 59.7 Å². The quantitative estimate of drug-likeness (QED) is 0.830. The van der Waals surface area contributed by atoms with E-state index in [9.17, 15) is 4.79 Å². The van der Waals surface area contributed by atoms with Crippen LogP contribution in [0.2, 0.25) is 0 Å². The van der Waals surface area contributed by atoms with E-state index in [2.05, 4.69) is 5.32 Å². The van der Waals surface area contributed by atoms with Crippen molar-refractivity contribution < 1.29 is 14.3 Å². The van der Waals surface area contributed by atoms with Crippen LogP contribution in [0.5, 0.6) is 11.5 Å². The summed E-state index contributed by atoms with van der Waals surface area (Å²) in [4.78, 5) is 12.0. The Hall–Kier alpha value is -2.49. The average molecular weight is 285 g/mol. The summed E-state index contributed by atoms with van der Waals surface area (Å²) >= 11 is 0. The molecular weight excluding hydrogens is 266 g/mol. The highest BCUT2D eigenvalue weighted by Crippen LogP contribution is 2.16. The van der Waals surface area contributed by atoms with Crippen molar-refractivity contribution >= 4 is 5.91 Å². The predicted molar refractivity (Wildman–Crippen MR) is 82.0 cm³/mol. The van der Waals surface area contributed by atoms with Crippen LogP contribution in [0, 0.1) is 6.92 Å². The molecule has 21 heavy (non-hydrogen) atoms. The van der Waals surface area contributed by atoms with Gasteiger partial charge in [0.25, 0.3) is 5.91 Å². The van der Waals surface area contributed by atoms with Crippen molar-refractivity contribution in [3.8, 4) is 11.5 Å². The van der Waals surface area contributed by atoms with Crippen LogP contribution in [0.25, 0.3) is 0 Å². The lowest BCUT2D eigenvalue weighted by Gasteiger charge is -2.10. The molecule has 0 unspecified atom stereocenters. The Labute approximate surface area is 124 Å². The summed E-state index contributed by atoms with van der Waals surface area (Å²) < 4.78 is 10.7. The van der Waals surface area contributed by atoms with Crippen molar-refractivity contribution in [2.75, 3.05) is 20.3 Å². The van der Waals surface area contributed by atoms with Crippen molar-refractivity contribution in [1.82, 2.24) is 5.32 Å². The SMILES string of the molecule is COc1ccccc1C(=O)NCCOc1cccc(C)c1. The molecule has 0 heterocycles. The molecule has 1 amide bonds. The first kappa shape index (κ1) is 14.9. The standard InChI is InChI=1S/C17H19NO3/c1-13-6-5-7-14(12-13)21-11-10-18-17(19)15-8-3-4-9-16(15)20-2/h3-9,12H,10-11H2,1-2H3,(H,18,19). The zero-order chi connectivity index (χ0) is 15.1. The van der Waals surface area contributed by atoms with E-state index in [0.29, 0.717) is 24.5 Å². The van der Waals surface area contributed by atoms with Crippen LogP contribution in [0.15, 0.2) is 48.5 Å². The van der Waals surface area contributed by atoms with E-state index in [0.717, 1.165) is 11.3 Å². The Kier molecular flexibility index (Phi) is 5.21. The summed E-state index contributed by atoms with van der Waals surface area (Å²) in [5.41, 5.74) is 1.67. The summed E-state index contributed by atoms with van der Waals surface area (Å²) in [6, 6.07) is 14.9. The van der Waals surface area contributed by atoms with E-state index in [4.69, 9.17) is 9.47 Å². The van der Waals surface area contributed by atoms with E-state index < -0.39 is 0 Å². The van der Waals surface area contributed by atoms with Crippen molar-refractivity contribution in [1.29, 1.82) is 0 Å². The molecule has 0 bridgehead atoms. The minimum absolute atomic E-state index is 0.166. The second-order valence-electron chi connectivity index (χ2n) is 4.62. The fraction of sp³-hybridized carbons (Fsp3) is 0.235. The van der Waals surface area contributed by atoms with Gasteiger partial charge in [-0.1, -0.05) is 24.3 Å². The van der Waals surface area contributed by atoms with E-state index >= 15 is 0 Å². The second-order valence-corrected chi connectivity index (χ2v) is 4.62. The van der Waals surface area contributed by atoms with Crippen molar-refractivity contribution in [2.45, 2.75) is 6.92 Å². The summed E-state index contributed by atoms with van der Waals surface area (Å²) in [7, 11) is 1.55. The van der Waals surface area contributed by atoms with E-state index in [-0.39, 0.29) is 5.91 Å². The van der Waals surface area contributed by atoms with Crippen molar-refractivity contribution in [3.63, 3.8) is 0 Å². The van der Waals surface area contributed by atoms with Crippen LogP contribution in [0.4, 0.5) is 0 Å². The molecule has 0 spiro atoms. The number of hydrogen-bond acceptors (Lipinski definition) is 3. The molecule has 4 nitrogen and oxygen atoms in total. The van der Waals surface area contributed by atoms with Gasteiger partial charge in [0.15, 0.2) is 0 Å². The molecule has 0 saturated heterocycles. The Bertz CT molecular complexity index is 610. The third-order valence-electron chi connectivity index (χ3n) is 3.00. The van der Waals surface area contributed by atoms with Gasteiger partial charge in [-0.25, -0.2) is 0 Å². The minimum Gasteiger partial charge on any atom is -0.496 e. The van der Waals surface area contributed by atoms with Gasteiger partial charge in [-0.3, -0.25) is 4.79 Å². The number of para-hydroxylation sites is 1. The lowest BCUT2D eigenvalue weighted by molar-refractivity contribution is 0.0944. The fourth-order valence-electron chi connectivity index (χ4n) is 1.97. The van der Waals surface area contributed by atoms with Gasteiger partial charge in [0.2, 0.25) is 0 Å². The molecule has 0 saturated carbocycles. The van der Waals surface area contributed by atoms with Gasteiger partial charge in [-0.05, 0) is 36.8 Å². The number of amides is 1. The van der Waals surface area contributed by atoms with E-state index in [1.807, 2.05) is 37.3 Å². The van der Waals surface area contributed by atoms with Crippen LogP contribution in [-0.2, 0) is 0 Å². The predicted octanol–water partition coefficient (Wildman–Crippen LogP) is 2.81. The van der Waals surface area contributed by atoms with Gasteiger partial charge < -0.3 is 14.8 Å². The third-order valence-corrected chi connectivity index (χ3v) is 3.00. The number of aryl methyl sites for hydroxylation is 1. The van der Waals surface area contributed by atoms with Crippen molar-refractivity contribution in [2.24, 2.45) is 0 Å². The summed E-state index contributed by atoms with van der Waals surface area (Å²) in [6.07, 6.45) is 0. The Morgan fingerprint density at radius 1 is 1.14 bits per heavy atom. The highest BCUT2D eigenvalue weighted by molar-refractivity contribution is 5.96. The van der Waals surface area contributed by atoms with Gasteiger partial charge in [-0.2, -0.15) is 0 Å². The normalized spacial score (nSPS) is 10.0.